The van der Waals surface area contributed by atoms with Crippen LogP contribution in [0, 0.1) is 6.07 Å². The van der Waals surface area contributed by atoms with Crippen LogP contribution in [0.2, 0.25) is 0 Å². The molecule has 0 radical (unpaired) electrons. The summed E-state index contributed by atoms with van der Waals surface area (Å²) >= 11 is 0. The van der Waals surface area contributed by atoms with E-state index in [1.165, 1.54) is 0 Å². The number of hydrogen-bond donors (Lipinski definition) is 0. The van der Waals surface area contributed by atoms with Gasteiger partial charge in [-0.3, -0.25) is 0 Å². The van der Waals surface area contributed by atoms with Crippen LogP contribution in [0.25, 0.3) is 0 Å². The van der Waals surface area contributed by atoms with Crippen molar-refractivity contribution in [1.29, 1.82) is 0 Å². The molecule has 1 aromatic rings. The smallest absolute Gasteiger partial charge is 0.850 e. The van der Waals surface area contributed by atoms with Crippen LogP contribution in [-0.2, 0) is 19.5 Å². The second-order valence-electron chi connectivity index (χ2n) is 3.55. The quantitative estimate of drug-likeness (QED) is 0.557. The van der Waals surface area contributed by atoms with Gasteiger partial charge in [0, 0.05) is 5.75 Å². The van der Waals surface area contributed by atoms with Crippen molar-refractivity contribution >= 4 is 0 Å². The molecule has 0 amide bonds. The summed E-state index contributed by atoms with van der Waals surface area (Å²) in [6.45, 7) is 4.90. The van der Waals surface area contributed by atoms with Crippen molar-refractivity contribution in [2.45, 2.75) is 26.4 Å². The molecule has 14 heavy (non-hydrogen) atoms. The molecule has 0 aliphatic heterocycles. The molecule has 2 nitrogen and oxygen atoms in total. The topological polar surface area (TPSA) is 32.3 Å². The second-order valence-corrected chi connectivity index (χ2v) is 3.55. The number of methoxy groups -OCH3 is 1. The number of rotatable bonds is 1. The summed E-state index contributed by atoms with van der Waals surface area (Å²) in [7, 11) is 1.65. The molecule has 1 aromatic carbocycles. The molecule has 0 saturated carbocycles. The summed E-state index contributed by atoms with van der Waals surface area (Å²) < 4.78 is 4.89. The van der Waals surface area contributed by atoms with Gasteiger partial charge >= 0.3 is 19.5 Å². The van der Waals surface area contributed by atoms with Gasteiger partial charge in [-0.2, -0.15) is 18.2 Å². The van der Waals surface area contributed by atoms with Crippen LogP contribution in [0.1, 0.15) is 20.8 Å². The van der Waals surface area contributed by atoms with Gasteiger partial charge in [0.15, 0.2) is 0 Å². The molecule has 0 saturated heterocycles. The van der Waals surface area contributed by atoms with E-state index in [0.717, 1.165) is 5.75 Å². The Kier molecular flexibility index (Phi) is 9.12. The normalized spacial score (nSPS) is 9.21. The molecular formula is C11H16O2Zn. The molecule has 0 heterocycles. The number of hydrogen-bond acceptors (Lipinski definition) is 2. The monoisotopic (exact) mass is 244 g/mol. The molecule has 0 spiro atoms. The molecular weight excluding hydrogens is 230 g/mol. The van der Waals surface area contributed by atoms with E-state index in [0.29, 0.717) is 0 Å². The molecule has 3 heteroatoms. The van der Waals surface area contributed by atoms with Crippen molar-refractivity contribution in [3.05, 3.63) is 30.3 Å². The third kappa shape index (κ3) is 14.1. The van der Waals surface area contributed by atoms with Gasteiger partial charge in [-0.1, -0.05) is 20.8 Å². The first kappa shape index (κ1) is 16.0. The molecule has 0 N–H and O–H groups in total. The van der Waals surface area contributed by atoms with Crippen molar-refractivity contribution in [2.75, 3.05) is 7.11 Å². The zero-order valence-electron chi connectivity index (χ0n) is 9.33. The van der Waals surface area contributed by atoms with Crippen LogP contribution >= 0.6 is 0 Å². The Morgan fingerprint density at radius 3 is 1.79 bits per heavy atom. The zero-order chi connectivity index (χ0) is 10.3. The maximum atomic E-state index is 10.1. The van der Waals surface area contributed by atoms with Gasteiger partial charge in [-0.15, -0.1) is 17.7 Å². The number of benzene rings is 1. The minimum Gasteiger partial charge on any atom is -0.850 e. The molecule has 74 valence electrons. The van der Waals surface area contributed by atoms with E-state index in [-0.39, 0.29) is 19.5 Å². The summed E-state index contributed by atoms with van der Waals surface area (Å²) in [5.74, 6) is 0.878. The van der Waals surface area contributed by atoms with Crippen LogP contribution in [0.3, 0.4) is 0 Å². The third-order valence-corrected chi connectivity index (χ3v) is 0.923. The first-order chi connectivity index (χ1) is 5.93. The van der Waals surface area contributed by atoms with Crippen molar-refractivity contribution < 1.29 is 29.3 Å². The van der Waals surface area contributed by atoms with E-state index < -0.39 is 5.60 Å². The van der Waals surface area contributed by atoms with Gasteiger partial charge in [-0.05, 0) is 0 Å². The van der Waals surface area contributed by atoms with Crippen LogP contribution in [0.15, 0.2) is 24.3 Å². The molecule has 0 atom stereocenters. The van der Waals surface area contributed by atoms with E-state index >= 15 is 0 Å². The molecule has 0 unspecified atom stereocenters. The summed E-state index contributed by atoms with van der Waals surface area (Å²) in [5, 5.41) is 10.1. The second kappa shape index (κ2) is 7.96. The summed E-state index contributed by atoms with van der Waals surface area (Å²) in [6.07, 6.45) is 0. The molecule has 0 aliphatic rings. The zero-order valence-corrected chi connectivity index (χ0v) is 12.3. The molecule has 0 aromatic heterocycles. The molecule has 1 rings (SSSR count). The van der Waals surface area contributed by atoms with Gasteiger partial charge in [0.2, 0.25) is 0 Å². The number of ether oxygens (including phenoxy) is 1. The van der Waals surface area contributed by atoms with Crippen LogP contribution in [0.4, 0.5) is 0 Å². The molecule has 0 fully saturated rings. The Balaban J connectivity index is 0. The Morgan fingerprint density at radius 2 is 1.57 bits per heavy atom. The van der Waals surface area contributed by atoms with Crippen molar-refractivity contribution in [3.63, 3.8) is 0 Å². The average Bonchev–Trinajstić information content (AvgIpc) is 2.03. The first-order valence-corrected chi connectivity index (χ1v) is 4.14. The third-order valence-electron chi connectivity index (χ3n) is 0.923. The summed E-state index contributed by atoms with van der Waals surface area (Å²) in [6, 6.07) is 10.2. The predicted molar refractivity (Wildman–Crippen MR) is 51.6 cm³/mol. The maximum Gasteiger partial charge on any atom is 2.00 e. The summed E-state index contributed by atoms with van der Waals surface area (Å²) in [4.78, 5) is 0. The predicted octanol–water partition coefficient (Wildman–Crippen LogP) is 1.64. The fourth-order valence-corrected chi connectivity index (χ4v) is 0.508. The summed E-state index contributed by atoms with van der Waals surface area (Å²) in [5.41, 5.74) is -0.750. The fraction of sp³-hybridized carbons (Fsp3) is 0.455. The van der Waals surface area contributed by atoms with Crippen LogP contribution in [0.5, 0.6) is 5.75 Å². The standard InChI is InChI=1S/C7H7O.C4H9O.Zn/c1-8-7-5-3-2-4-6-7;1-4(2,3)5;/h3-6H,1H3;1-3H3;/q2*-1;+2. The van der Waals surface area contributed by atoms with E-state index in [9.17, 15) is 5.11 Å². The van der Waals surface area contributed by atoms with Gasteiger partial charge < -0.3 is 9.84 Å². The van der Waals surface area contributed by atoms with Crippen LogP contribution in [-0.4, -0.2) is 12.7 Å². The van der Waals surface area contributed by atoms with Crippen molar-refractivity contribution in [2.24, 2.45) is 0 Å². The van der Waals surface area contributed by atoms with Crippen molar-refractivity contribution in [3.8, 4) is 5.75 Å². The van der Waals surface area contributed by atoms with Gasteiger partial charge in [0.25, 0.3) is 0 Å². The largest absolute Gasteiger partial charge is 2.00 e. The van der Waals surface area contributed by atoms with Crippen LogP contribution < -0.4 is 9.84 Å². The Labute approximate surface area is 99.1 Å². The fourth-order valence-electron chi connectivity index (χ4n) is 0.508. The van der Waals surface area contributed by atoms with E-state index in [2.05, 4.69) is 6.07 Å². The maximum absolute atomic E-state index is 10.1. The van der Waals surface area contributed by atoms with E-state index in [1.807, 2.05) is 24.3 Å². The minimum atomic E-state index is -0.750. The van der Waals surface area contributed by atoms with E-state index in [4.69, 9.17) is 4.74 Å². The van der Waals surface area contributed by atoms with Crippen molar-refractivity contribution in [1.82, 2.24) is 0 Å². The first-order valence-electron chi connectivity index (χ1n) is 4.14. The molecule has 0 bridgehead atoms. The van der Waals surface area contributed by atoms with Gasteiger partial charge in [0.05, 0.1) is 7.11 Å². The van der Waals surface area contributed by atoms with Gasteiger partial charge in [0.1, 0.15) is 0 Å². The Morgan fingerprint density at radius 1 is 1.21 bits per heavy atom. The average molecular weight is 246 g/mol. The SMILES string of the molecule is CC(C)(C)[O-].COc1cc[c-]cc1.[Zn+2]. The Bertz CT molecular complexity index is 210. The van der Waals surface area contributed by atoms with E-state index in [1.54, 1.807) is 27.9 Å². The molecule has 0 aliphatic carbocycles. The van der Waals surface area contributed by atoms with Gasteiger partial charge in [-0.25, -0.2) is 0 Å². The Hall–Kier alpha value is -0.397. The minimum absolute atomic E-state index is 0.